The van der Waals surface area contributed by atoms with Crippen molar-refractivity contribution in [1.29, 1.82) is 0 Å². The SMILES string of the molecule is OC1CCC(Nc2ncc3ccc(O[C@@H]4CCOC4)cc3n2)CC1. The highest BCUT2D eigenvalue weighted by atomic mass is 16.5. The average Bonchev–Trinajstić information content (AvgIpc) is 3.10. The topological polar surface area (TPSA) is 76.5 Å². The van der Waals surface area contributed by atoms with Gasteiger partial charge in [0.05, 0.1) is 24.8 Å². The van der Waals surface area contributed by atoms with Gasteiger partial charge in [0, 0.05) is 30.1 Å². The van der Waals surface area contributed by atoms with E-state index < -0.39 is 0 Å². The number of ether oxygens (including phenoxy) is 2. The number of aromatic nitrogens is 2. The van der Waals surface area contributed by atoms with Crippen LogP contribution in [0.15, 0.2) is 24.4 Å². The molecule has 6 nitrogen and oxygen atoms in total. The van der Waals surface area contributed by atoms with Gasteiger partial charge in [-0.1, -0.05) is 0 Å². The Hall–Kier alpha value is -1.92. The molecule has 24 heavy (non-hydrogen) atoms. The molecule has 0 spiro atoms. The number of fused-ring (bicyclic) bond motifs is 1. The Kier molecular flexibility index (Phi) is 4.49. The summed E-state index contributed by atoms with van der Waals surface area (Å²) in [6.45, 7) is 1.42. The van der Waals surface area contributed by atoms with Crippen LogP contribution in [0.25, 0.3) is 10.9 Å². The summed E-state index contributed by atoms with van der Waals surface area (Å²) in [5.41, 5.74) is 0.875. The molecule has 0 amide bonds. The standard InChI is InChI=1S/C18H23N3O3/c22-14-4-2-13(3-5-14)20-18-19-10-12-1-6-15(9-17(12)21-18)24-16-7-8-23-11-16/h1,6,9-10,13-14,16,22H,2-5,7-8,11H2,(H,19,20,21)/t13?,14?,16-/m1/s1. The first-order valence-corrected chi connectivity index (χ1v) is 8.72. The molecule has 1 atom stereocenters. The van der Waals surface area contributed by atoms with Crippen LogP contribution in [0.3, 0.4) is 0 Å². The van der Waals surface area contributed by atoms with Gasteiger partial charge in [0.2, 0.25) is 5.95 Å². The van der Waals surface area contributed by atoms with Gasteiger partial charge in [-0.25, -0.2) is 9.97 Å². The van der Waals surface area contributed by atoms with Crippen molar-refractivity contribution in [1.82, 2.24) is 9.97 Å². The predicted octanol–water partition coefficient (Wildman–Crippen LogP) is 2.51. The zero-order chi connectivity index (χ0) is 16.4. The second-order valence-corrected chi connectivity index (χ2v) is 6.67. The average molecular weight is 329 g/mol. The Morgan fingerprint density at radius 1 is 1.17 bits per heavy atom. The maximum absolute atomic E-state index is 9.60. The van der Waals surface area contributed by atoms with E-state index in [0.717, 1.165) is 55.4 Å². The van der Waals surface area contributed by atoms with Gasteiger partial charge in [0.25, 0.3) is 0 Å². The van der Waals surface area contributed by atoms with E-state index in [4.69, 9.17) is 9.47 Å². The quantitative estimate of drug-likeness (QED) is 0.897. The Balaban J connectivity index is 1.48. The van der Waals surface area contributed by atoms with Gasteiger partial charge in [0.1, 0.15) is 11.9 Å². The molecule has 1 aliphatic heterocycles. The van der Waals surface area contributed by atoms with E-state index in [9.17, 15) is 5.11 Å². The van der Waals surface area contributed by atoms with Crippen LogP contribution in [0.2, 0.25) is 0 Å². The molecule has 1 aromatic carbocycles. The first-order chi connectivity index (χ1) is 11.8. The first kappa shape index (κ1) is 15.6. The molecule has 0 bridgehead atoms. The highest BCUT2D eigenvalue weighted by molar-refractivity contribution is 5.80. The summed E-state index contributed by atoms with van der Waals surface area (Å²) < 4.78 is 11.3. The molecule has 128 valence electrons. The molecule has 1 aromatic heterocycles. The van der Waals surface area contributed by atoms with E-state index in [1.807, 2.05) is 24.4 Å². The maximum atomic E-state index is 9.60. The molecule has 2 fully saturated rings. The third kappa shape index (κ3) is 3.60. The highest BCUT2D eigenvalue weighted by Crippen LogP contribution is 2.24. The summed E-state index contributed by atoms with van der Waals surface area (Å²) >= 11 is 0. The van der Waals surface area contributed by atoms with Gasteiger partial charge in [-0.3, -0.25) is 0 Å². The van der Waals surface area contributed by atoms with Crippen molar-refractivity contribution in [2.24, 2.45) is 0 Å². The number of hydrogen-bond acceptors (Lipinski definition) is 6. The summed E-state index contributed by atoms with van der Waals surface area (Å²) in [5, 5.41) is 14.0. The molecule has 2 aliphatic rings. The van der Waals surface area contributed by atoms with Gasteiger partial charge >= 0.3 is 0 Å². The van der Waals surface area contributed by atoms with Crippen molar-refractivity contribution < 1.29 is 14.6 Å². The van der Waals surface area contributed by atoms with Crippen LogP contribution in [0.4, 0.5) is 5.95 Å². The number of nitrogens with one attached hydrogen (secondary N) is 1. The minimum absolute atomic E-state index is 0.135. The number of nitrogens with zero attached hydrogens (tertiary/aromatic N) is 2. The summed E-state index contributed by atoms with van der Waals surface area (Å²) in [6.07, 6.45) is 6.34. The van der Waals surface area contributed by atoms with Crippen molar-refractivity contribution in [2.75, 3.05) is 18.5 Å². The largest absolute Gasteiger partial charge is 0.488 e. The molecule has 6 heteroatoms. The fraction of sp³-hybridized carbons (Fsp3) is 0.556. The number of anilines is 1. The van der Waals surface area contributed by atoms with Crippen LogP contribution in [0.5, 0.6) is 5.75 Å². The van der Waals surface area contributed by atoms with Gasteiger partial charge in [-0.2, -0.15) is 0 Å². The number of rotatable bonds is 4. The Labute approximate surface area is 141 Å². The molecule has 1 saturated carbocycles. The molecule has 1 aliphatic carbocycles. The monoisotopic (exact) mass is 329 g/mol. The van der Waals surface area contributed by atoms with Gasteiger partial charge in [-0.15, -0.1) is 0 Å². The smallest absolute Gasteiger partial charge is 0.223 e. The summed E-state index contributed by atoms with van der Waals surface area (Å²) in [4.78, 5) is 9.04. The van der Waals surface area contributed by atoms with Crippen molar-refractivity contribution in [3.63, 3.8) is 0 Å². The van der Waals surface area contributed by atoms with Gasteiger partial charge < -0.3 is 19.9 Å². The zero-order valence-corrected chi connectivity index (χ0v) is 13.6. The van der Waals surface area contributed by atoms with E-state index >= 15 is 0 Å². The molecule has 0 radical (unpaired) electrons. The Bertz CT molecular complexity index is 695. The molecular formula is C18H23N3O3. The van der Waals surface area contributed by atoms with E-state index in [-0.39, 0.29) is 12.2 Å². The molecule has 0 unspecified atom stereocenters. The molecule has 2 N–H and O–H groups in total. The maximum Gasteiger partial charge on any atom is 0.223 e. The summed E-state index contributed by atoms with van der Waals surface area (Å²) in [6, 6.07) is 6.24. The molecule has 2 aromatic rings. The Morgan fingerprint density at radius 3 is 2.83 bits per heavy atom. The van der Waals surface area contributed by atoms with E-state index in [1.54, 1.807) is 0 Å². The summed E-state index contributed by atoms with van der Waals surface area (Å²) in [7, 11) is 0. The normalized spacial score (nSPS) is 27.3. The van der Waals surface area contributed by atoms with Crippen molar-refractivity contribution >= 4 is 16.9 Å². The zero-order valence-electron chi connectivity index (χ0n) is 13.6. The third-order valence-corrected chi connectivity index (χ3v) is 4.77. The van der Waals surface area contributed by atoms with Crippen LogP contribution < -0.4 is 10.1 Å². The lowest BCUT2D eigenvalue weighted by Crippen LogP contribution is -2.28. The predicted molar refractivity (Wildman–Crippen MR) is 91.3 cm³/mol. The first-order valence-electron chi connectivity index (χ1n) is 8.72. The van der Waals surface area contributed by atoms with Crippen LogP contribution in [0, 0.1) is 0 Å². The second kappa shape index (κ2) is 6.91. The lowest BCUT2D eigenvalue weighted by molar-refractivity contribution is 0.126. The lowest BCUT2D eigenvalue weighted by atomic mass is 9.93. The van der Waals surface area contributed by atoms with Gasteiger partial charge in [-0.05, 0) is 37.8 Å². The minimum Gasteiger partial charge on any atom is -0.488 e. The van der Waals surface area contributed by atoms with Crippen LogP contribution in [0.1, 0.15) is 32.1 Å². The molecule has 1 saturated heterocycles. The number of aliphatic hydroxyl groups is 1. The molecular weight excluding hydrogens is 306 g/mol. The number of aliphatic hydroxyl groups excluding tert-OH is 1. The lowest BCUT2D eigenvalue weighted by Gasteiger charge is -2.26. The second-order valence-electron chi connectivity index (χ2n) is 6.67. The fourth-order valence-corrected chi connectivity index (χ4v) is 3.35. The van der Waals surface area contributed by atoms with Crippen LogP contribution >= 0.6 is 0 Å². The number of hydrogen-bond donors (Lipinski definition) is 2. The molecule has 2 heterocycles. The molecule has 4 rings (SSSR count). The van der Waals surface area contributed by atoms with E-state index in [0.29, 0.717) is 18.6 Å². The van der Waals surface area contributed by atoms with Gasteiger partial charge in [0.15, 0.2) is 0 Å². The van der Waals surface area contributed by atoms with Crippen LogP contribution in [-0.4, -0.2) is 46.5 Å². The Morgan fingerprint density at radius 2 is 2.04 bits per heavy atom. The van der Waals surface area contributed by atoms with E-state index in [1.165, 1.54) is 0 Å². The fourth-order valence-electron chi connectivity index (χ4n) is 3.35. The third-order valence-electron chi connectivity index (χ3n) is 4.77. The minimum atomic E-state index is -0.153. The highest BCUT2D eigenvalue weighted by Gasteiger charge is 2.20. The van der Waals surface area contributed by atoms with Crippen LogP contribution in [-0.2, 0) is 4.74 Å². The van der Waals surface area contributed by atoms with Crippen molar-refractivity contribution in [2.45, 2.75) is 50.4 Å². The number of benzene rings is 1. The summed E-state index contributed by atoms with van der Waals surface area (Å²) in [5.74, 6) is 1.47. The van der Waals surface area contributed by atoms with Crippen molar-refractivity contribution in [3.8, 4) is 5.75 Å². The van der Waals surface area contributed by atoms with Crippen molar-refractivity contribution in [3.05, 3.63) is 24.4 Å². The van der Waals surface area contributed by atoms with E-state index in [2.05, 4.69) is 15.3 Å².